The Morgan fingerprint density at radius 2 is 2.14 bits per heavy atom. The number of rotatable bonds is 5. The van der Waals surface area contributed by atoms with Crippen LogP contribution in [0.25, 0.3) is 0 Å². The molecule has 0 radical (unpaired) electrons. The standard InChI is InChI=1S/C16H18N2OS2/c1-3-12-7-8-21-14(12)16(19)18(2)10-11-5-4-6-13(9-11)15(17)20/h4-9H,3,10H2,1-2H3,(H2,17,20). The first-order valence-corrected chi connectivity index (χ1v) is 8.02. The minimum absolute atomic E-state index is 0.0579. The summed E-state index contributed by atoms with van der Waals surface area (Å²) in [7, 11) is 1.81. The minimum atomic E-state index is 0.0579. The van der Waals surface area contributed by atoms with Crippen LogP contribution in [0.2, 0.25) is 0 Å². The predicted octanol–water partition coefficient (Wildman–Crippen LogP) is 3.22. The summed E-state index contributed by atoms with van der Waals surface area (Å²) in [6.07, 6.45) is 0.870. The minimum Gasteiger partial charge on any atom is -0.389 e. The zero-order valence-corrected chi connectivity index (χ0v) is 13.8. The van der Waals surface area contributed by atoms with Crippen LogP contribution in [-0.4, -0.2) is 22.8 Å². The molecule has 0 bridgehead atoms. The van der Waals surface area contributed by atoms with Crippen LogP contribution in [0.5, 0.6) is 0 Å². The SMILES string of the molecule is CCc1ccsc1C(=O)N(C)Cc1cccc(C(N)=S)c1. The number of amides is 1. The van der Waals surface area contributed by atoms with Gasteiger partial charge in [-0.2, -0.15) is 0 Å². The third-order valence-electron chi connectivity index (χ3n) is 3.30. The van der Waals surface area contributed by atoms with Gasteiger partial charge in [-0.05, 0) is 35.1 Å². The molecule has 1 amide bonds. The van der Waals surface area contributed by atoms with E-state index >= 15 is 0 Å². The molecule has 0 aliphatic rings. The molecule has 2 aromatic rings. The highest BCUT2D eigenvalue weighted by atomic mass is 32.1. The lowest BCUT2D eigenvalue weighted by molar-refractivity contribution is 0.0789. The molecule has 0 fully saturated rings. The number of hydrogen-bond donors (Lipinski definition) is 1. The van der Waals surface area contributed by atoms with Crippen molar-refractivity contribution in [2.24, 2.45) is 5.73 Å². The fraction of sp³-hybridized carbons (Fsp3) is 0.250. The molecule has 0 unspecified atom stereocenters. The number of nitrogens with two attached hydrogens (primary N) is 1. The number of benzene rings is 1. The van der Waals surface area contributed by atoms with E-state index in [1.165, 1.54) is 11.3 Å². The maximum absolute atomic E-state index is 12.5. The number of nitrogens with zero attached hydrogens (tertiary/aromatic N) is 1. The Morgan fingerprint density at radius 1 is 1.38 bits per heavy atom. The van der Waals surface area contributed by atoms with E-state index in [4.69, 9.17) is 18.0 Å². The van der Waals surface area contributed by atoms with Gasteiger partial charge in [0.25, 0.3) is 5.91 Å². The predicted molar refractivity (Wildman–Crippen MR) is 91.8 cm³/mol. The van der Waals surface area contributed by atoms with Crippen molar-refractivity contribution >= 4 is 34.5 Å². The van der Waals surface area contributed by atoms with Gasteiger partial charge in [0.2, 0.25) is 0 Å². The van der Waals surface area contributed by atoms with Gasteiger partial charge in [-0.25, -0.2) is 0 Å². The Bertz CT molecular complexity index is 664. The van der Waals surface area contributed by atoms with Gasteiger partial charge in [-0.15, -0.1) is 11.3 Å². The Balaban J connectivity index is 2.14. The monoisotopic (exact) mass is 318 g/mol. The van der Waals surface area contributed by atoms with E-state index in [9.17, 15) is 4.79 Å². The lowest BCUT2D eigenvalue weighted by Crippen LogP contribution is -2.26. The summed E-state index contributed by atoms with van der Waals surface area (Å²) in [5.41, 5.74) is 8.59. The number of thiocarbonyl (C=S) groups is 1. The summed E-state index contributed by atoms with van der Waals surface area (Å²) in [5, 5.41) is 1.97. The van der Waals surface area contributed by atoms with Crippen molar-refractivity contribution < 1.29 is 4.79 Å². The Kier molecular flexibility index (Phi) is 5.09. The lowest BCUT2D eigenvalue weighted by atomic mass is 10.1. The van der Waals surface area contributed by atoms with Gasteiger partial charge in [-0.3, -0.25) is 4.79 Å². The van der Waals surface area contributed by atoms with Crippen LogP contribution in [0.4, 0.5) is 0 Å². The van der Waals surface area contributed by atoms with Crippen molar-refractivity contribution in [3.8, 4) is 0 Å². The van der Waals surface area contributed by atoms with Gasteiger partial charge in [0, 0.05) is 19.2 Å². The third kappa shape index (κ3) is 3.68. The van der Waals surface area contributed by atoms with E-state index in [-0.39, 0.29) is 5.91 Å². The second-order valence-electron chi connectivity index (χ2n) is 4.85. The van der Waals surface area contributed by atoms with Gasteiger partial charge >= 0.3 is 0 Å². The zero-order chi connectivity index (χ0) is 15.4. The van der Waals surface area contributed by atoms with Crippen LogP contribution in [0, 0.1) is 0 Å². The van der Waals surface area contributed by atoms with Gasteiger partial charge in [0.05, 0.1) is 4.88 Å². The van der Waals surface area contributed by atoms with E-state index < -0.39 is 0 Å². The Hall–Kier alpha value is -1.72. The molecule has 1 aromatic heterocycles. The van der Waals surface area contributed by atoms with E-state index in [0.717, 1.165) is 28.0 Å². The average Bonchev–Trinajstić information content (AvgIpc) is 2.95. The third-order valence-corrected chi connectivity index (χ3v) is 4.48. The molecule has 110 valence electrons. The molecule has 0 saturated carbocycles. The lowest BCUT2D eigenvalue weighted by Gasteiger charge is -2.17. The Morgan fingerprint density at radius 3 is 2.81 bits per heavy atom. The quantitative estimate of drug-likeness (QED) is 0.861. The van der Waals surface area contributed by atoms with Gasteiger partial charge < -0.3 is 10.6 Å². The molecule has 0 atom stereocenters. The fourth-order valence-corrected chi connectivity index (χ4v) is 3.26. The molecule has 0 saturated heterocycles. The summed E-state index contributed by atoms with van der Waals surface area (Å²) in [6.45, 7) is 2.60. The molecule has 2 rings (SSSR count). The smallest absolute Gasteiger partial charge is 0.264 e. The largest absolute Gasteiger partial charge is 0.389 e. The number of aryl methyl sites for hydroxylation is 1. The van der Waals surface area contributed by atoms with Crippen molar-refractivity contribution in [1.82, 2.24) is 4.90 Å². The molecule has 2 N–H and O–H groups in total. The first kappa shape index (κ1) is 15.7. The fourth-order valence-electron chi connectivity index (χ4n) is 2.14. The Labute approximate surface area is 134 Å². The summed E-state index contributed by atoms with van der Waals surface area (Å²) >= 11 is 6.48. The molecule has 0 aliphatic carbocycles. The van der Waals surface area contributed by atoms with E-state index in [0.29, 0.717) is 11.5 Å². The van der Waals surface area contributed by atoms with E-state index in [1.807, 2.05) is 42.8 Å². The highest BCUT2D eigenvalue weighted by Gasteiger charge is 2.16. The van der Waals surface area contributed by atoms with Gasteiger partial charge in [0.15, 0.2) is 0 Å². The second-order valence-corrected chi connectivity index (χ2v) is 6.21. The highest BCUT2D eigenvalue weighted by molar-refractivity contribution is 7.80. The molecule has 5 heteroatoms. The van der Waals surface area contributed by atoms with E-state index in [1.54, 1.807) is 4.90 Å². The second kappa shape index (κ2) is 6.83. The number of carbonyl (C=O) groups excluding carboxylic acids is 1. The van der Waals surface area contributed by atoms with E-state index in [2.05, 4.69) is 6.92 Å². The molecule has 0 aliphatic heterocycles. The first-order valence-electron chi connectivity index (χ1n) is 6.73. The molecular weight excluding hydrogens is 300 g/mol. The van der Waals surface area contributed by atoms with Crippen molar-refractivity contribution in [3.05, 3.63) is 57.3 Å². The molecule has 0 spiro atoms. The average molecular weight is 318 g/mol. The summed E-state index contributed by atoms with van der Waals surface area (Å²) < 4.78 is 0. The topological polar surface area (TPSA) is 46.3 Å². The number of hydrogen-bond acceptors (Lipinski definition) is 3. The van der Waals surface area contributed by atoms with Gasteiger partial charge in [0.1, 0.15) is 4.99 Å². The maximum Gasteiger partial charge on any atom is 0.264 e. The van der Waals surface area contributed by atoms with Crippen LogP contribution in [0.15, 0.2) is 35.7 Å². The summed E-state index contributed by atoms with van der Waals surface area (Å²) in [4.78, 5) is 15.4. The van der Waals surface area contributed by atoms with Crippen molar-refractivity contribution in [1.29, 1.82) is 0 Å². The first-order chi connectivity index (χ1) is 10.0. The maximum atomic E-state index is 12.5. The van der Waals surface area contributed by atoms with Crippen LogP contribution < -0.4 is 5.73 Å². The van der Waals surface area contributed by atoms with Crippen LogP contribution >= 0.6 is 23.6 Å². The van der Waals surface area contributed by atoms with Gasteiger partial charge in [-0.1, -0.05) is 37.3 Å². The van der Waals surface area contributed by atoms with Crippen LogP contribution in [0.1, 0.15) is 33.3 Å². The number of thiophene rings is 1. The summed E-state index contributed by atoms with van der Waals surface area (Å²) in [6, 6.07) is 9.70. The molecule has 1 aromatic carbocycles. The van der Waals surface area contributed by atoms with Crippen molar-refractivity contribution in [3.63, 3.8) is 0 Å². The van der Waals surface area contributed by atoms with Crippen LogP contribution in [-0.2, 0) is 13.0 Å². The van der Waals surface area contributed by atoms with Crippen molar-refractivity contribution in [2.75, 3.05) is 7.05 Å². The molecular formula is C16H18N2OS2. The zero-order valence-electron chi connectivity index (χ0n) is 12.1. The van der Waals surface area contributed by atoms with Crippen molar-refractivity contribution in [2.45, 2.75) is 19.9 Å². The molecule has 21 heavy (non-hydrogen) atoms. The number of carbonyl (C=O) groups is 1. The molecule has 3 nitrogen and oxygen atoms in total. The normalized spacial score (nSPS) is 10.4. The highest BCUT2D eigenvalue weighted by Crippen LogP contribution is 2.20. The summed E-state index contributed by atoms with van der Waals surface area (Å²) in [5.74, 6) is 0.0579. The van der Waals surface area contributed by atoms with Crippen LogP contribution in [0.3, 0.4) is 0 Å². The molecule has 1 heterocycles.